The first kappa shape index (κ1) is 26.5. The van der Waals surface area contributed by atoms with Gasteiger partial charge in [0.25, 0.3) is 0 Å². The minimum atomic E-state index is -0.498. The number of hydrogen-bond acceptors (Lipinski definition) is 4. The molecule has 0 N–H and O–H groups in total. The highest BCUT2D eigenvalue weighted by atomic mass is 32.2. The Morgan fingerprint density at radius 1 is 0.489 bits per heavy atom. The quantitative estimate of drug-likeness (QED) is 0.197. The van der Waals surface area contributed by atoms with E-state index in [4.69, 9.17) is 14.4 Å². The standard InChI is InChI=1S/C43H26N2OS/c1-3-11-27(12-4-1)36-26-37(45-42(44-36)28-13-5-2-6-14-28)29-19-20-30-35(25-29)43(34-21-22-38-31(41(30)34)23-24-46-38)32-15-7-9-17-39(32)47-40-18-10-8-16-33(40)43/h1-26H. The largest absolute Gasteiger partial charge is 0.464 e. The van der Waals surface area contributed by atoms with E-state index in [1.165, 1.54) is 43.2 Å². The topological polar surface area (TPSA) is 38.9 Å². The van der Waals surface area contributed by atoms with Crippen molar-refractivity contribution in [3.05, 3.63) is 180 Å². The van der Waals surface area contributed by atoms with Crippen molar-refractivity contribution in [3.63, 3.8) is 0 Å². The summed E-state index contributed by atoms with van der Waals surface area (Å²) < 4.78 is 5.96. The summed E-state index contributed by atoms with van der Waals surface area (Å²) >= 11 is 1.86. The fourth-order valence-electron chi connectivity index (χ4n) is 7.67. The zero-order chi connectivity index (χ0) is 31.0. The number of benzene rings is 6. The van der Waals surface area contributed by atoms with Gasteiger partial charge in [0.05, 0.1) is 23.1 Å². The van der Waals surface area contributed by atoms with Gasteiger partial charge in [-0.15, -0.1) is 0 Å². The molecule has 0 bridgehead atoms. The smallest absolute Gasteiger partial charge is 0.160 e. The number of hydrogen-bond donors (Lipinski definition) is 0. The summed E-state index contributed by atoms with van der Waals surface area (Å²) in [4.78, 5) is 12.8. The van der Waals surface area contributed by atoms with Gasteiger partial charge in [-0.05, 0) is 69.8 Å². The molecule has 0 saturated heterocycles. The van der Waals surface area contributed by atoms with E-state index < -0.39 is 5.41 Å². The predicted octanol–water partition coefficient (Wildman–Crippen LogP) is 11.1. The zero-order valence-electron chi connectivity index (χ0n) is 25.2. The first-order valence-corrected chi connectivity index (χ1v) is 16.6. The van der Waals surface area contributed by atoms with Crippen LogP contribution in [0, 0.1) is 0 Å². The maximum absolute atomic E-state index is 5.96. The molecule has 10 rings (SSSR count). The van der Waals surface area contributed by atoms with Gasteiger partial charge in [0, 0.05) is 31.9 Å². The number of nitrogens with zero attached hydrogens (tertiary/aromatic N) is 2. The second-order valence-electron chi connectivity index (χ2n) is 12.1. The van der Waals surface area contributed by atoms with E-state index >= 15 is 0 Å². The van der Waals surface area contributed by atoms with Crippen molar-refractivity contribution >= 4 is 22.7 Å². The van der Waals surface area contributed by atoms with Crippen LogP contribution in [0.3, 0.4) is 0 Å². The van der Waals surface area contributed by atoms with Crippen molar-refractivity contribution in [3.8, 4) is 45.0 Å². The molecule has 1 aliphatic heterocycles. The minimum Gasteiger partial charge on any atom is -0.464 e. The Kier molecular flexibility index (Phi) is 5.72. The van der Waals surface area contributed by atoms with E-state index in [9.17, 15) is 0 Å². The maximum Gasteiger partial charge on any atom is 0.160 e. The molecule has 3 nitrogen and oxygen atoms in total. The highest BCUT2D eigenvalue weighted by molar-refractivity contribution is 7.99. The lowest BCUT2D eigenvalue weighted by Gasteiger charge is -2.39. The number of fused-ring (bicyclic) bond motifs is 11. The SMILES string of the molecule is c1ccc(-c2cc(-c3ccc4c(c3)C3(c5ccccc5Sc5ccccc53)c3ccc5occc5c3-4)nc(-c3ccccc3)n2)cc1. The Hall–Kier alpha value is -5.71. The number of rotatable bonds is 3. The van der Waals surface area contributed by atoms with E-state index in [1.807, 2.05) is 36.0 Å². The van der Waals surface area contributed by atoms with Gasteiger partial charge >= 0.3 is 0 Å². The molecular weight excluding hydrogens is 593 g/mol. The molecule has 4 heteroatoms. The average Bonchev–Trinajstić information content (AvgIpc) is 3.74. The van der Waals surface area contributed by atoms with Crippen molar-refractivity contribution in [2.24, 2.45) is 0 Å². The van der Waals surface area contributed by atoms with Gasteiger partial charge in [-0.1, -0.05) is 127 Å². The van der Waals surface area contributed by atoms with Crippen molar-refractivity contribution in [2.45, 2.75) is 15.2 Å². The molecular formula is C43H26N2OS. The third-order valence-corrected chi connectivity index (χ3v) is 10.8. The van der Waals surface area contributed by atoms with Crippen molar-refractivity contribution < 1.29 is 4.42 Å². The first-order valence-electron chi connectivity index (χ1n) is 15.8. The monoisotopic (exact) mass is 618 g/mol. The third-order valence-electron chi connectivity index (χ3n) is 9.66. The predicted molar refractivity (Wildman–Crippen MR) is 190 cm³/mol. The van der Waals surface area contributed by atoms with Crippen LogP contribution in [0.25, 0.3) is 56.0 Å². The van der Waals surface area contributed by atoms with Crippen LogP contribution in [0.5, 0.6) is 0 Å². The highest BCUT2D eigenvalue weighted by Gasteiger charge is 2.50. The van der Waals surface area contributed by atoms with Gasteiger partial charge in [-0.2, -0.15) is 0 Å². The second-order valence-corrected chi connectivity index (χ2v) is 13.2. The van der Waals surface area contributed by atoms with Gasteiger partial charge in [-0.3, -0.25) is 0 Å². The van der Waals surface area contributed by atoms with Crippen molar-refractivity contribution in [2.75, 3.05) is 0 Å². The maximum atomic E-state index is 5.96. The minimum absolute atomic E-state index is 0.498. The van der Waals surface area contributed by atoms with Gasteiger partial charge in [0.2, 0.25) is 0 Å². The summed E-state index contributed by atoms with van der Waals surface area (Å²) in [6.45, 7) is 0. The van der Waals surface area contributed by atoms with Crippen LogP contribution in [0.2, 0.25) is 0 Å². The van der Waals surface area contributed by atoms with Crippen LogP contribution in [-0.4, -0.2) is 9.97 Å². The molecule has 6 aromatic carbocycles. The number of furan rings is 1. The molecule has 0 fully saturated rings. The Labute approximate surface area is 276 Å². The summed E-state index contributed by atoms with van der Waals surface area (Å²) in [6, 6.07) is 54.0. The summed E-state index contributed by atoms with van der Waals surface area (Å²) in [5.74, 6) is 0.713. The van der Waals surface area contributed by atoms with Crippen LogP contribution in [0.1, 0.15) is 22.3 Å². The third kappa shape index (κ3) is 3.82. The molecule has 8 aromatic rings. The van der Waals surface area contributed by atoms with Gasteiger partial charge < -0.3 is 4.42 Å². The van der Waals surface area contributed by atoms with Crippen LogP contribution >= 0.6 is 11.8 Å². The van der Waals surface area contributed by atoms with Gasteiger partial charge in [0.1, 0.15) is 5.58 Å². The molecule has 220 valence electrons. The molecule has 0 saturated carbocycles. The van der Waals surface area contributed by atoms with E-state index in [-0.39, 0.29) is 0 Å². The normalized spacial score (nSPS) is 13.6. The molecule has 47 heavy (non-hydrogen) atoms. The Bertz CT molecular complexity index is 2400. The molecule has 2 aliphatic rings. The Morgan fingerprint density at radius 3 is 1.85 bits per heavy atom. The highest BCUT2D eigenvalue weighted by Crippen LogP contribution is 2.63. The lowest BCUT2D eigenvalue weighted by molar-refractivity contribution is 0.615. The Morgan fingerprint density at radius 2 is 1.13 bits per heavy atom. The lowest BCUT2D eigenvalue weighted by atomic mass is 9.67. The van der Waals surface area contributed by atoms with Crippen LogP contribution < -0.4 is 0 Å². The van der Waals surface area contributed by atoms with Crippen LogP contribution in [-0.2, 0) is 5.41 Å². The molecule has 1 spiro atoms. The van der Waals surface area contributed by atoms with E-state index in [2.05, 4.69) is 127 Å². The fraction of sp³-hybridized carbons (Fsp3) is 0.0233. The summed E-state index contributed by atoms with van der Waals surface area (Å²) in [5.41, 5.74) is 13.0. The lowest BCUT2D eigenvalue weighted by Crippen LogP contribution is -2.32. The van der Waals surface area contributed by atoms with Gasteiger partial charge in [-0.25, -0.2) is 9.97 Å². The molecule has 0 radical (unpaired) electrons. The second kappa shape index (κ2) is 10.1. The van der Waals surface area contributed by atoms with E-state index in [0.717, 1.165) is 39.0 Å². The Balaban J connectivity index is 1.29. The first-order chi connectivity index (χ1) is 23.3. The molecule has 0 amide bonds. The van der Waals surface area contributed by atoms with E-state index in [1.54, 1.807) is 6.26 Å². The van der Waals surface area contributed by atoms with Crippen molar-refractivity contribution in [1.29, 1.82) is 0 Å². The average molecular weight is 619 g/mol. The molecule has 1 aliphatic carbocycles. The summed E-state index contributed by atoms with van der Waals surface area (Å²) in [5, 5.41) is 1.14. The zero-order valence-corrected chi connectivity index (χ0v) is 26.0. The molecule has 0 atom stereocenters. The summed E-state index contributed by atoms with van der Waals surface area (Å²) in [6.07, 6.45) is 1.81. The molecule has 2 aromatic heterocycles. The molecule has 0 unspecified atom stereocenters. The van der Waals surface area contributed by atoms with Crippen molar-refractivity contribution in [1.82, 2.24) is 9.97 Å². The van der Waals surface area contributed by atoms with Crippen LogP contribution in [0.4, 0.5) is 0 Å². The van der Waals surface area contributed by atoms with Gasteiger partial charge in [0.15, 0.2) is 5.82 Å². The number of aromatic nitrogens is 2. The fourth-order valence-corrected chi connectivity index (χ4v) is 8.86. The van der Waals surface area contributed by atoms with Crippen LogP contribution in [0.15, 0.2) is 172 Å². The summed E-state index contributed by atoms with van der Waals surface area (Å²) in [7, 11) is 0. The van der Waals surface area contributed by atoms with E-state index in [0.29, 0.717) is 5.82 Å². The molecule has 3 heterocycles.